The molecule has 3 rings (SSSR count). The summed E-state index contributed by atoms with van der Waals surface area (Å²) in [5, 5.41) is 11.0. The molecule has 22 heavy (non-hydrogen) atoms. The summed E-state index contributed by atoms with van der Waals surface area (Å²) in [5.74, 6) is 0.447. The summed E-state index contributed by atoms with van der Waals surface area (Å²) in [4.78, 5) is 20.5. The predicted molar refractivity (Wildman–Crippen MR) is 83.4 cm³/mol. The maximum absolute atomic E-state index is 11.6. The number of rotatable bonds is 5. The van der Waals surface area contributed by atoms with Gasteiger partial charge in [-0.1, -0.05) is 13.8 Å². The third-order valence-electron chi connectivity index (χ3n) is 3.99. The van der Waals surface area contributed by atoms with Crippen LogP contribution < -0.4 is 10.6 Å². The summed E-state index contributed by atoms with van der Waals surface area (Å²) in [6.07, 6.45) is 4.47. The van der Waals surface area contributed by atoms with E-state index in [9.17, 15) is 4.79 Å². The summed E-state index contributed by atoms with van der Waals surface area (Å²) in [6.45, 7) is 6.88. The molecule has 1 amide bonds. The van der Waals surface area contributed by atoms with E-state index in [4.69, 9.17) is 5.10 Å². The fraction of sp³-hybridized carbons (Fsp3) is 0.600. The third-order valence-corrected chi connectivity index (χ3v) is 3.99. The van der Waals surface area contributed by atoms with Crippen LogP contribution in [0.15, 0.2) is 12.4 Å². The third kappa shape index (κ3) is 2.94. The first-order valence-electron chi connectivity index (χ1n) is 7.82. The molecule has 0 unspecified atom stereocenters. The van der Waals surface area contributed by atoms with Gasteiger partial charge in [-0.25, -0.2) is 14.6 Å². The van der Waals surface area contributed by atoms with Gasteiger partial charge in [0.1, 0.15) is 5.52 Å². The van der Waals surface area contributed by atoms with Crippen molar-refractivity contribution in [1.29, 1.82) is 0 Å². The molecule has 2 aromatic rings. The molecule has 2 aromatic heterocycles. The highest BCUT2D eigenvalue weighted by Gasteiger charge is 2.24. The van der Waals surface area contributed by atoms with E-state index in [2.05, 4.69) is 20.6 Å². The lowest BCUT2D eigenvalue weighted by molar-refractivity contribution is -0.124. The van der Waals surface area contributed by atoms with Crippen molar-refractivity contribution in [1.82, 2.24) is 30.4 Å². The average molecular weight is 302 g/mol. The van der Waals surface area contributed by atoms with Crippen LogP contribution >= 0.6 is 0 Å². The highest BCUT2D eigenvalue weighted by Crippen LogP contribution is 2.26. The normalized spacial score (nSPS) is 18.2. The maximum atomic E-state index is 11.6. The van der Waals surface area contributed by atoms with Gasteiger partial charge in [-0.2, -0.15) is 5.10 Å². The Balaban J connectivity index is 1.79. The van der Waals surface area contributed by atoms with Gasteiger partial charge in [0.15, 0.2) is 5.65 Å². The molecule has 3 heterocycles. The molecule has 0 bridgehead atoms. The first-order valence-corrected chi connectivity index (χ1v) is 7.82. The van der Waals surface area contributed by atoms with Crippen LogP contribution in [0.1, 0.15) is 31.9 Å². The summed E-state index contributed by atoms with van der Waals surface area (Å²) in [6, 6.07) is 0. The molecule has 0 aromatic carbocycles. The van der Waals surface area contributed by atoms with Gasteiger partial charge < -0.3 is 10.6 Å². The van der Waals surface area contributed by atoms with Crippen molar-refractivity contribution in [2.75, 3.05) is 19.6 Å². The molecular formula is C15H22N6O. The number of hydrogen-bond acceptors (Lipinski definition) is 5. The minimum atomic E-state index is -0.00529. The first kappa shape index (κ1) is 14.9. The molecule has 1 aliphatic heterocycles. The van der Waals surface area contributed by atoms with E-state index >= 15 is 0 Å². The van der Waals surface area contributed by atoms with E-state index in [0.29, 0.717) is 19.0 Å². The number of aromatic nitrogens is 4. The Kier molecular flexibility index (Phi) is 4.33. The van der Waals surface area contributed by atoms with Crippen molar-refractivity contribution < 1.29 is 4.79 Å². The van der Waals surface area contributed by atoms with Crippen molar-refractivity contribution in [2.24, 2.45) is 5.92 Å². The zero-order chi connectivity index (χ0) is 15.5. The second-order valence-electron chi connectivity index (χ2n) is 5.97. The molecular weight excluding hydrogens is 280 g/mol. The molecule has 1 fully saturated rings. The highest BCUT2D eigenvalue weighted by atomic mass is 16.1. The Labute approximate surface area is 129 Å². The Morgan fingerprint density at radius 1 is 1.45 bits per heavy atom. The van der Waals surface area contributed by atoms with Gasteiger partial charge in [-0.15, -0.1) is 0 Å². The minimum absolute atomic E-state index is 0.00529. The predicted octanol–water partition coefficient (Wildman–Crippen LogP) is 0.675. The number of fused-ring (bicyclic) bond motifs is 1. The van der Waals surface area contributed by atoms with Gasteiger partial charge in [-0.05, 0) is 13.0 Å². The summed E-state index contributed by atoms with van der Waals surface area (Å²) >= 11 is 0. The lowest BCUT2D eigenvalue weighted by Gasteiger charge is -2.08. The Morgan fingerprint density at radius 3 is 3.00 bits per heavy atom. The summed E-state index contributed by atoms with van der Waals surface area (Å²) < 4.78 is 1.86. The van der Waals surface area contributed by atoms with Crippen LogP contribution in [0.4, 0.5) is 0 Å². The molecule has 7 nitrogen and oxygen atoms in total. The van der Waals surface area contributed by atoms with E-state index in [1.165, 1.54) is 0 Å². The van der Waals surface area contributed by atoms with Gasteiger partial charge in [0.05, 0.1) is 12.2 Å². The largest absolute Gasteiger partial charge is 0.354 e. The van der Waals surface area contributed by atoms with Crippen LogP contribution in [0.25, 0.3) is 11.2 Å². The molecule has 0 aliphatic carbocycles. The topological polar surface area (TPSA) is 84.7 Å². The van der Waals surface area contributed by atoms with E-state index in [1.807, 2.05) is 18.5 Å². The van der Waals surface area contributed by atoms with Gasteiger partial charge in [0.2, 0.25) is 5.91 Å². The molecule has 118 valence electrons. The zero-order valence-electron chi connectivity index (χ0n) is 13.0. The van der Waals surface area contributed by atoms with Crippen LogP contribution in [0.3, 0.4) is 0 Å². The Bertz CT molecular complexity index is 659. The lowest BCUT2D eigenvalue weighted by atomic mass is 10.0. The Morgan fingerprint density at radius 2 is 2.27 bits per heavy atom. The van der Waals surface area contributed by atoms with E-state index in [1.54, 1.807) is 12.4 Å². The molecule has 1 saturated heterocycles. The highest BCUT2D eigenvalue weighted by molar-refractivity contribution is 5.77. The molecule has 0 radical (unpaired) electrons. The molecule has 2 N–H and O–H groups in total. The minimum Gasteiger partial charge on any atom is -0.354 e. The van der Waals surface area contributed by atoms with Crippen LogP contribution in [0, 0.1) is 5.92 Å². The number of nitrogens with one attached hydrogen (secondary N) is 2. The van der Waals surface area contributed by atoms with Crippen molar-refractivity contribution in [3.63, 3.8) is 0 Å². The van der Waals surface area contributed by atoms with Crippen LogP contribution in [-0.4, -0.2) is 45.3 Å². The fourth-order valence-electron chi connectivity index (χ4n) is 2.73. The van der Waals surface area contributed by atoms with Gasteiger partial charge in [0, 0.05) is 37.3 Å². The first-order chi connectivity index (χ1) is 10.7. The number of carbonyl (C=O) groups excluding carboxylic acids is 1. The van der Waals surface area contributed by atoms with Crippen LogP contribution in [0.2, 0.25) is 0 Å². The van der Waals surface area contributed by atoms with E-state index in [-0.39, 0.29) is 11.8 Å². The lowest BCUT2D eigenvalue weighted by Crippen LogP contribution is -2.30. The van der Waals surface area contributed by atoms with Gasteiger partial charge in [-0.3, -0.25) is 4.79 Å². The number of carbonyl (C=O) groups is 1. The van der Waals surface area contributed by atoms with E-state index in [0.717, 1.165) is 36.4 Å². The second-order valence-corrected chi connectivity index (χ2v) is 5.97. The number of amides is 1. The van der Waals surface area contributed by atoms with Gasteiger partial charge in [0.25, 0.3) is 0 Å². The quantitative estimate of drug-likeness (QED) is 0.848. The second kappa shape index (κ2) is 6.39. The van der Waals surface area contributed by atoms with Crippen molar-refractivity contribution in [3.05, 3.63) is 18.1 Å². The molecule has 0 spiro atoms. The van der Waals surface area contributed by atoms with Gasteiger partial charge >= 0.3 is 0 Å². The number of nitrogens with zero attached hydrogens (tertiary/aromatic N) is 4. The van der Waals surface area contributed by atoms with Crippen LogP contribution in [-0.2, 0) is 11.3 Å². The van der Waals surface area contributed by atoms with Crippen molar-refractivity contribution in [2.45, 2.75) is 32.7 Å². The van der Waals surface area contributed by atoms with Crippen molar-refractivity contribution >= 4 is 17.1 Å². The molecule has 1 atom stereocenters. The van der Waals surface area contributed by atoms with Crippen LogP contribution in [0.5, 0.6) is 0 Å². The standard InChI is InChI=1S/C15H22N6O/c1-10(2)15(22)19-7-8-21-14-13(17-5-6-18-14)12(20-21)11-3-4-16-9-11/h5-6,10-11,16H,3-4,7-9H2,1-2H3,(H,19,22)/t11-/m1/s1. The SMILES string of the molecule is CC(C)C(=O)NCCn1nc([C@@H]2CCNC2)c2nccnc21. The number of hydrogen-bond donors (Lipinski definition) is 2. The molecule has 7 heteroatoms. The average Bonchev–Trinajstić information content (AvgIpc) is 3.15. The Hall–Kier alpha value is -2.02. The smallest absolute Gasteiger partial charge is 0.222 e. The maximum Gasteiger partial charge on any atom is 0.222 e. The van der Waals surface area contributed by atoms with Crippen molar-refractivity contribution in [3.8, 4) is 0 Å². The summed E-state index contributed by atoms with van der Waals surface area (Å²) in [5.41, 5.74) is 2.69. The molecule has 1 aliphatic rings. The fourth-order valence-corrected chi connectivity index (χ4v) is 2.73. The summed E-state index contributed by atoms with van der Waals surface area (Å²) in [7, 11) is 0. The van der Waals surface area contributed by atoms with E-state index < -0.39 is 0 Å². The monoisotopic (exact) mass is 302 g/mol. The molecule has 0 saturated carbocycles. The zero-order valence-corrected chi connectivity index (χ0v) is 13.0.